The van der Waals surface area contributed by atoms with Crippen LogP contribution in [0.5, 0.6) is 0 Å². The minimum atomic E-state index is 0.676. The van der Waals surface area contributed by atoms with Gasteiger partial charge in [-0.3, -0.25) is 0 Å². The minimum Gasteiger partial charge on any atom is -0.309 e. The molecule has 0 aliphatic carbocycles. The fourth-order valence-electron chi connectivity index (χ4n) is 10.0. The number of pyridine rings is 1. The number of fused-ring (bicyclic) bond motifs is 7. The summed E-state index contributed by atoms with van der Waals surface area (Å²) in [5.74, 6) is 0.676. The van der Waals surface area contributed by atoms with Gasteiger partial charge in [0.15, 0.2) is 5.82 Å². The lowest BCUT2D eigenvalue weighted by Crippen LogP contribution is -2.00. The van der Waals surface area contributed by atoms with Crippen molar-refractivity contribution in [1.82, 2.24) is 24.1 Å². The number of aromatic nitrogens is 5. The molecule has 0 aliphatic heterocycles. The second-order valence-electron chi connectivity index (χ2n) is 17.2. The van der Waals surface area contributed by atoms with Gasteiger partial charge < -0.3 is 9.13 Å². The molecule has 13 rings (SSSR count). The van der Waals surface area contributed by atoms with Crippen molar-refractivity contribution in [2.24, 2.45) is 0 Å². The largest absolute Gasteiger partial charge is 0.309 e. The Morgan fingerprint density at radius 1 is 0.265 bits per heavy atom. The first-order valence-electron chi connectivity index (χ1n) is 23.0. The van der Waals surface area contributed by atoms with Crippen molar-refractivity contribution in [3.8, 4) is 78.9 Å². The van der Waals surface area contributed by atoms with Crippen molar-refractivity contribution in [1.29, 1.82) is 0 Å². The van der Waals surface area contributed by atoms with Crippen LogP contribution in [-0.4, -0.2) is 24.1 Å². The van der Waals surface area contributed by atoms with E-state index in [1.807, 2.05) is 24.3 Å². The summed E-state index contributed by atoms with van der Waals surface area (Å²) in [4.78, 5) is 15.8. The van der Waals surface area contributed by atoms with Gasteiger partial charge in [0.1, 0.15) is 0 Å². The molecule has 0 saturated carbocycles. The van der Waals surface area contributed by atoms with E-state index < -0.39 is 0 Å². The van der Waals surface area contributed by atoms with E-state index in [-0.39, 0.29) is 0 Å². The van der Waals surface area contributed by atoms with E-state index >= 15 is 0 Å². The van der Waals surface area contributed by atoms with Crippen LogP contribution in [0, 0.1) is 0 Å². The first-order valence-corrected chi connectivity index (χ1v) is 23.0. The molecule has 4 heterocycles. The van der Waals surface area contributed by atoms with Crippen molar-refractivity contribution in [2.45, 2.75) is 0 Å². The molecule has 0 N–H and O–H groups in total. The first-order chi connectivity index (χ1) is 33.7. The molecule has 0 radical (unpaired) electrons. The van der Waals surface area contributed by atoms with Crippen LogP contribution >= 0.6 is 0 Å². The Labute approximate surface area is 393 Å². The molecular weight excluding hydrogens is 827 g/mol. The van der Waals surface area contributed by atoms with Crippen LogP contribution in [0.2, 0.25) is 0 Å². The lowest BCUT2D eigenvalue weighted by atomic mass is 9.95. The van der Waals surface area contributed by atoms with Gasteiger partial charge in [0.05, 0.1) is 50.5 Å². The lowest BCUT2D eigenvalue weighted by molar-refractivity contribution is 1.17. The van der Waals surface area contributed by atoms with Gasteiger partial charge in [-0.2, -0.15) is 0 Å². The van der Waals surface area contributed by atoms with Crippen molar-refractivity contribution < 1.29 is 0 Å². The Balaban J connectivity index is 1.12. The number of nitrogens with zero attached hydrogens (tertiary/aromatic N) is 5. The van der Waals surface area contributed by atoms with Gasteiger partial charge in [0, 0.05) is 60.6 Å². The fraction of sp³-hybridized carbons (Fsp3) is 0. The van der Waals surface area contributed by atoms with Crippen LogP contribution in [0.4, 0.5) is 0 Å². The summed E-state index contributed by atoms with van der Waals surface area (Å²) in [6, 6.07) is 88.0. The molecule has 0 saturated heterocycles. The maximum Gasteiger partial charge on any atom is 0.160 e. The molecule has 0 spiro atoms. The van der Waals surface area contributed by atoms with Gasteiger partial charge in [-0.15, -0.1) is 0 Å². The zero-order chi connectivity index (χ0) is 45.0. The number of rotatable bonds is 8. The highest BCUT2D eigenvalue weighted by molar-refractivity contribution is 6.29. The summed E-state index contributed by atoms with van der Waals surface area (Å²) in [5.41, 5.74) is 17.5. The summed E-state index contributed by atoms with van der Waals surface area (Å²) in [7, 11) is 0. The van der Waals surface area contributed by atoms with E-state index in [4.69, 9.17) is 15.0 Å². The summed E-state index contributed by atoms with van der Waals surface area (Å²) < 4.78 is 4.87. The van der Waals surface area contributed by atoms with E-state index in [0.29, 0.717) is 5.82 Å². The van der Waals surface area contributed by atoms with Gasteiger partial charge in [0.25, 0.3) is 0 Å². The first kappa shape index (κ1) is 39.2. The smallest absolute Gasteiger partial charge is 0.160 e. The Hall–Kier alpha value is -9.19. The molecule has 0 unspecified atom stereocenters. The van der Waals surface area contributed by atoms with Gasteiger partial charge in [-0.05, 0) is 72.3 Å². The zero-order valence-electron chi connectivity index (χ0n) is 36.9. The molecule has 4 aromatic heterocycles. The van der Waals surface area contributed by atoms with Gasteiger partial charge in [-0.25, -0.2) is 15.0 Å². The number of para-hydroxylation sites is 3. The summed E-state index contributed by atoms with van der Waals surface area (Å²) in [5, 5.41) is 4.87. The van der Waals surface area contributed by atoms with Crippen molar-refractivity contribution in [3.63, 3.8) is 0 Å². The average molecular weight is 868 g/mol. The normalized spacial score (nSPS) is 11.5. The summed E-state index contributed by atoms with van der Waals surface area (Å²) in [6.07, 6.45) is 0. The Morgan fingerprint density at radius 3 is 1.24 bits per heavy atom. The molecule has 13 aromatic rings. The molecule has 318 valence electrons. The van der Waals surface area contributed by atoms with E-state index in [1.54, 1.807) is 0 Å². The van der Waals surface area contributed by atoms with Gasteiger partial charge in [0.2, 0.25) is 0 Å². The van der Waals surface area contributed by atoms with E-state index in [2.05, 4.69) is 234 Å². The monoisotopic (exact) mass is 867 g/mol. The molecule has 5 nitrogen and oxygen atoms in total. The Bertz CT molecular complexity index is 3880. The fourth-order valence-corrected chi connectivity index (χ4v) is 10.0. The predicted octanol–water partition coefficient (Wildman–Crippen LogP) is 16.1. The average Bonchev–Trinajstić information content (AvgIpc) is 3.94. The van der Waals surface area contributed by atoms with E-state index in [1.165, 1.54) is 32.6 Å². The highest BCUT2D eigenvalue weighted by atomic mass is 15.0. The molecule has 0 aliphatic rings. The van der Waals surface area contributed by atoms with Crippen LogP contribution in [0.15, 0.2) is 249 Å². The summed E-state index contributed by atoms with van der Waals surface area (Å²) >= 11 is 0. The van der Waals surface area contributed by atoms with Crippen LogP contribution < -0.4 is 0 Å². The van der Waals surface area contributed by atoms with E-state index in [0.717, 1.165) is 84.1 Å². The third-order valence-corrected chi connectivity index (χ3v) is 13.1. The topological polar surface area (TPSA) is 48.5 Å². The molecule has 0 atom stereocenters. The van der Waals surface area contributed by atoms with E-state index in [9.17, 15) is 0 Å². The highest BCUT2D eigenvalue weighted by Gasteiger charge is 2.23. The zero-order valence-corrected chi connectivity index (χ0v) is 36.9. The third-order valence-electron chi connectivity index (χ3n) is 13.1. The number of hydrogen-bond acceptors (Lipinski definition) is 3. The third kappa shape index (κ3) is 6.68. The number of hydrogen-bond donors (Lipinski definition) is 0. The van der Waals surface area contributed by atoms with Gasteiger partial charge in [-0.1, -0.05) is 182 Å². The van der Waals surface area contributed by atoms with Crippen LogP contribution in [0.25, 0.3) is 123 Å². The Kier molecular flexibility index (Phi) is 9.43. The Morgan fingerprint density at radius 2 is 0.691 bits per heavy atom. The molecule has 9 aromatic carbocycles. The second kappa shape index (κ2) is 16.4. The molecule has 0 amide bonds. The molecule has 0 bridgehead atoms. The van der Waals surface area contributed by atoms with Crippen molar-refractivity contribution in [2.75, 3.05) is 0 Å². The minimum absolute atomic E-state index is 0.676. The van der Waals surface area contributed by atoms with Crippen molar-refractivity contribution >= 4 is 43.6 Å². The van der Waals surface area contributed by atoms with Crippen molar-refractivity contribution in [3.05, 3.63) is 249 Å². The maximum atomic E-state index is 5.32. The summed E-state index contributed by atoms with van der Waals surface area (Å²) in [6.45, 7) is 0. The standard InChI is InChI=1S/C63H41N5/c1-6-20-42(21-7-1)52-39-47(40-53(64-52)43-22-8-2-9-23-43)51-38-46(55-41-54(44-24-10-3-11-25-44)65-63(66-55)45-26-12-4-13-27-45)34-35-58(51)68-57-33-19-17-31-50(57)62-60(68)37-36-59-61(62)49-30-16-18-32-56(49)67(59)48-28-14-5-15-29-48/h1-41H. The molecule has 0 fully saturated rings. The van der Waals surface area contributed by atoms with Crippen LogP contribution in [-0.2, 0) is 0 Å². The molecule has 68 heavy (non-hydrogen) atoms. The predicted molar refractivity (Wildman–Crippen MR) is 281 cm³/mol. The lowest BCUT2D eigenvalue weighted by Gasteiger charge is -2.18. The molecular formula is C63H41N5. The van der Waals surface area contributed by atoms with Crippen LogP contribution in [0.3, 0.4) is 0 Å². The molecule has 5 heteroatoms. The quantitative estimate of drug-likeness (QED) is 0.153. The maximum absolute atomic E-state index is 5.32. The van der Waals surface area contributed by atoms with Crippen LogP contribution in [0.1, 0.15) is 0 Å². The van der Waals surface area contributed by atoms with Gasteiger partial charge >= 0.3 is 0 Å². The number of benzene rings is 9. The highest BCUT2D eigenvalue weighted by Crippen LogP contribution is 2.45. The SMILES string of the molecule is c1ccc(-c2cc(-c3cc(-c4cc(-c5ccccc5)nc(-c5ccccc5)n4)ccc3-n3c4ccccc4c4c5c6ccccc6n(-c6ccccc6)c5ccc43)cc(-c3ccccc3)n2)cc1. The second-order valence-corrected chi connectivity index (χ2v) is 17.2.